The summed E-state index contributed by atoms with van der Waals surface area (Å²) in [7, 11) is 0. The van der Waals surface area contributed by atoms with Gasteiger partial charge >= 0.3 is 0 Å². The summed E-state index contributed by atoms with van der Waals surface area (Å²) in [6.07, 6.45) is 9.72. The molecule has 1 N–H and O–H groups in total. The standard InChI is InChI=1S/C17H27N/c1-2-18-17(16-11-7-4-8-12-16)14-13-15-9-5-3-6-10-15/h3,5-6,9-10,16-18H,2,4,7-8,11-14H2,1H3. The number of hydrogen-bond acceptors (Lipinski definition) is 1. The first kappa shape index (κ1) is 13.6. The average molecular weight is 245 g/mol. The summed E-state index contributed by atoms with van der Waals surface area (Å²) < 4.78 is 0. The molecule has 1 aliphatic carbocycles. The van der Waals surface area contributed by atoms with Crippen molar-refractivity contribution in [3.8, 4) is 0 Å². The van der Waals surface area contributed by atoms with Crippen molar-refractivity contribution in [3.63, 3.8) is 0 Å². The van der Waals surface area contributed by atoms with E-state index in [1.54, 1.807) is 0 Å². The third kappa shape index (κ3) is 4.13. The van der Waals surface area contributed by atoms with E-state index in [2.05, 4.69) is 42.6 Å². The maximum atomic E-state index is 3.72. The first-order valence-corrected chi connectivity index (χ1v) is 7.67. The molecule has 1 aromatic carbocycles. The van der Waals surface area contributed by atoms with Crippen LogP contribution in [0.25, 0.3) is 0 Å². The number of aryl methyl sites for hydroxylation is 1. The molecule has 1 saturated carbocycles. The second kappa shape index (κ2) is 7.58. The van der Waals surface area contributed by atoms with Gasteiger partial charge in [-0.1, -0.05) is 56.5 Å². The normalized spacial score (nSPS) is 18.7. The molecule has 1 fully saturated rings. The summed E-state index contributed by atoms with van der Waals surface area (Å²) in [4.78, 5) is 0. The van der Waals surface area contributed by atoms with Crippen LogP contribution in [0.5, 0.6) is 0 Å². The Morgan fingerprint density at radius 2 is 1.83 bits per heavy atom. The highest BCUT2D eigenvalue weighted by atomic mass is 14.9. The quantitative estimate of drug-likeness (QED) is 0.793. The fraction of sp³-hybridized carbons (Fsp3) is 0.647. The van der Waals surface area contributed by atoms with Crippen LogP contribution in [0.15, 0.2) is 30.3 Å². The van der Waals surface area contributed by atoms with E-state index in [9.17, 15) is 0 Å². The Balaban J connectivity index is 1.85. The highest BCUT2D eigenvalue weighted by Crippen LogP contribution is 2.28. The Labute approximate surface area is 112 Å². The van der Waals surface area contributed by atoms with E-state index in [4.69, 9.17) is 0 Å². The lowest BCUT2D eigenvalue weighted by molar-refractivity contribution is 0.261. The van der Waals surface area contributed by atoms with Crippen LogP contribution in [0.2, 0.25) is 0 Å². The number of hydrogen-bond donors (Lipinski definition) is 1. The average Bonchev–Trinajstić information content (AvgIpc) is 2.45. The van der Waals surface area contributed by atoms with Gasteiger partial charge in [-0.3, -0.25) is 0 Å². The van der Waals surface area contributed by atoms with Crippen LogP contribution in [0.4, 0.5) is 0 Å². The van der Waals surface area contributed by atoms with Gasteiger partial charge in [0.2, 0.25) is 0 Å². The molecule has 1 aliphatic rings. The van der Waals surface area contributed by atoms with E-state index >= 15 is 0 Å². The molecule has 0 aliphatic heterocycles. The predicted octanol–water partition coefficient (Wildman–Crippen LogP) is 4.18. The van der Waals surface area contributed by atoms with E-state index in [0.717, 1.165) is 18.5 Å². The maximum absolute atomic E-state index is 3.72. The van der Waals surface area contributed by atoms with Crippen molar-refractivity contribution in [2.45, 2.75) is 57.9 Å². The van der Waals surface area contributed by atoms with Gasteiger partial charge in [0, 0.05) is 6.04 Å². The van der Waals surface area contributed by atoms with Gasteiger partial charge in [-0.05, 0) is 43.7 Å². The van der Waals surface area contributed by atoms with Gasteiger partial charge < -0.3 is 5.32 Å². The summed E-state index contributed by atoms with van der Waals surface area (Å²) in [6, 6.07) is 11.6. The second-order valence-corrected chi connectivity index (χ2v) is 5.59. The summed E-state index contributed by atoms with van der Waals surface area (Å²) >= 11 is 0. The Kier molecular flexibility index (Phi) is 5.73. The molecule has 1 atom stereocenters. The van der Waals surface area contributed by atoms with E-state index in [-0.39, 0.29) is 0 Å². The highest BCUT2D eigenvalue weighted by molar-refractivity contribution is 5.14. The van der Waals surface area contributed by atoms with Gasteiger partial charge in [0.15, 0.2) is 0 Å². The van der Waals surface area contributed by atoms with Crippen LogP contribution in [-0.4, -0.2) is 12.6 Å². The molecule has 1 unspecified atom stereocenters. The first-order valence-electron chi connectivity index (χ1n) is 7.67. The zero-order chi connectivity index (χ0) is 12.6. The minimum atomic E-state index is 0.732. The largest absolute Gasteiger partial charge is 0.314 e. The topological polar surface area (TPSA) is 12.0 Å². The molecule has 0 radical (unpaired) electrons. The molecule has 0 bridgehead atoms. The summed E-state index contributed by atoms with van der Waals surface area (Å²) in [6.45, 7) is 3.34. The lowest BCUT2D eigenvalue weighted by Gasteiger charge is -2.31. The van der Waals surface area contributed by atoms with Crippen molar-refractivity contribution in [2.24, 2.45) is 5.92 Å². The van der Waals surface area contributed by atoms with Crippen LogP contribution in [0.3, 0.4) is 0 Å². The summed E-state index contributed by atoms with van der Waals surface area (Å²) in [5, 5.41) is 3.72. The second-order valence-electron chi connectivity index (χ2n) is 5.59. The molecule has 18 heavy (non-hydrogen) atoms. The smallest absolute Gasteiger partial charge is 0.00983 e. The number of benzene rings is 1. The van der Waals surface area contributed by atoms with Gasteiger partial charge in [0.25, 0.3) is 0 Å². The van der Waals surface area contributed by atoms with Gasteiger partial charge in [-0.2, -0.15) is 0 Å². The van der Waals surface area contributed by atoms with Crippen LogP contribution in [0, 0.1) is 5.92 Å². The van der Waals surface area contributed by atoms with Gasteiger partial charge in [0.1, 0.15) is 0 Å². The highest BCUT2D eigenvalue weighted by Gasteiger charge is 2.22. The lowest BCUT2D eigenvalue weighted by atomic mass is 9.82. The molecule has 0 saturated heterocycles. The van der Waals surface area contributed by atoms with Crippen molar-refractivity contribution in [3.05, 3.63) is 35.9 Å². The zero-order valence-electron chi connectivity index (χ0n) is 11.7. The molecule has 1 aromatic rings. The van der Waals surface area contributed by atoms with Crippen LogP contribution in [-0.2, 0) is 6.42 Å². The molecule has 1 heteroatoms. The minimum Gasteiger partial charge on any atom is -0.314 e. The molecular formula is C17H27N. The van der Waals surface area contributed by atoms with Crippen LogP contribution < -0.4 is 5.32 Å². The minimum absolute atomic E-state index is 0.732. The van der Waals surface area contributed by atoms with Crippen LogP contribution in [0.1, 0.15) is 51.0 Å². The van der Waals surface area contributed by atoms with E-state index in [1.165, 1.54) is 50.5 Å². The van der Waals surface area contributed by atoms with Crippen molar-refractivity contribution in [1.82, 2.24) is 5.32 Å². The molecule has 0 spiro atoms. The summed E-state index contributed by atoms with van der Waals surface area (Å²) in [5.74, 6) is 0.919. The molecule has 100 valence electrons. The molecule has 1 nitrogen and oxygen atoms in total. The maximum Gasteiger partial charge on any atom is 0.00983 e. The van der Waals surface area contributed by atoms with Gasteiger partial charge in [-0.15, -0.1) is 0 Å². The van der Waals surface area contributed by atoms with Crippen molar-refractivity contribution >= 4 is 0 Å². The molecule has 0 heterocycles. The number of nitrogens with one attached hydrogen (secondary N) is 1. The third-order valence-corrected chi connectivity index (χ3v) is 4.27. The number of rotatable bonds is 6. The molecule has 2 rings (SSSR count). The van der Waals surface area contributed by atoms with E-state index in [0.29, 0.717) is 0 Å². The molecule has 0 amide bonds. The third-order valence-electron chi connectivity index (χ3n) is 4.27. The zero-order valence-corrected chi connectivity index (χ0v) is 11.7. The van der Waals surface area contributed by atoms with E-state index in [1.807, 2.05) is 0 Å². The molecular weight excluding hydrogens is 218 g/mol. The SMILES string of the molecule is CCNC(CCc1ccccc1)C1CCCCC1. The monoisotopic (exact) mass is 245 g/mol. The Morgan fingerprint density at radius 1 is 1.11 bits per heavy atom. The Bertz CT molecular complexity index is 314. The fourth-order valence-corrected chi connectivity index (χ4v) is 3.27. The van der Waals surface area contributed by atoms with Gasteiger partial charge in [0.05, 0.1) is 0 Å². The van der Waals surface area contributed by atoms with Crippen molar-refractivity contribution in [1.29, 1.82) is 0 Å². The van der Waals surface area contributed by atoms with Crippen LogP contribution >= 0.6 is 0 Å². The lowest BCUT2D eigenvalue weighted by Crippen LogP contribution is -2.37. The first-order chi connectivity index (χ1) is 8.90. The van der Waals surface area contributed by atoms with E-state index < -0.39 is 0 Å². The predicted molar refractivity (Wildman–Crippen MR) is 78.8 cm³/mol. The summed E-state index contributed by atoms with van der Waals surface area (Å²) in [5.41, 5.74) is 1.48. The Hall–Kier alpha value is -0.820. The van der Waals surface area contributed by atoms with Crippen molar-refractivity contribution in [2.75, 3.05) is 6.54 Å². The van der Waals surface area contributed by atoms with Crippen molar-refractivity contribution < 1.29 is 0 Å². The van der Waals surface area contributed by atoms with Gasteiger partial charge in [-0.25, -0.2) is 0 Å². The Morgan fingerprint density at radius 3 is 2.50 bits per heavy atom. The molecule has 0 aromatic heterocycles. The fourth-order valence-electron chi connectivity index (χ4n) is 3.27.